The van der Waals surface area contributed by atoms with Crippen molar-refractivity contribution in [3.05, 3.63) is 0 Å². The fourth-order valence-corrected chi connectivity index (χ4v) is 9.98. The van der Waals surface area contributed by atoms with E-state index in [0.29, 0.717) is 13.0 Å². The second-order valence-electron chi connectivity index (χ2n) is 19.1. The Hall–Kier alpha value is -2.60. The number of carbonyl (C=O) groups is 4. The Labute approximate surface area is 377 Å². The summed E-state index contributed by atoms with van der Waals surface area (Å²) in [5.41, 5.74) is -3.14. The van der Waals surface area contributed by atoms with Crippen LogP contribution in [0, 0.1) is 17.8 Å². The molecule has 4 saturated heterocycles. The zero-order valence-electron chi connectivity index (χ0n) is 40.2. The average molecular weight is 921 g/mol. The zero-order valence-corrected chi connectivity index (χ0v) is 40.2. The van der Waals surface area contributed by atoms with Crippen molar-refractivity contribution in [2.45, 2.75) is 205 Å². The molecule has 0 saturated carbocycles. The quantitative estimate of drug-likeness (QED) is 0.122. The Bertz CT molecular complexity index is 1600. The van der Waals surface area contributed by atoms with Crippen molar-refractivity contribution in [1.82, 2.24) is 9.80 Å². The number of rotatable bonds is 12. The number of nitrogens with zero attached hydrogens (tertiary/aromatic N) is 2. The van der Waals surface area contributed by atoms with Crippen molar-refractivity contribution in [2.24, 2.45) is 17.8 Å². The van der Waals surface area contributed by atoms with Gasteiger partial charge in [-0.2, -0.15) is 0 Å². The van der Waals surface area contributed by atoms with Gasteiger partial charge >= 0.3 is 23.9 Å². The van der Waals surface area contributed by atoms with E-state index in [1.165, 1.54) is 27.7 Å². The fraction of sp³-hybridized carbons (Fsp3) is 0.909. The zero-order chi connectivity index (χ0) is 48.4. The predicted molar refractivity (Wildman–Crippen MR) is 225 cm³/mol. The minimum atomic E-state index is -2.17. The van der Waals surface area contributed by atoms with Gasteiger partial charge in [0.2, 0.25) is 0 Å². The van der Waals surface area contributed by atoms with Crippen LogP contribution < -0.4 is 0 Å². The molecule has 4 aliphatic heterocycles. The van der Waals surface area contributed by atoms with Crippen LogP contribution >= 0.6 is 0 Å². The van der Waals surface area contributed by atoms with Gasteiger partial charge in [-0.3, -0.25) is 19.2 Å². The maximum absolute atomic E-state index is 14.0. The summed E-state index contributed by atoms with van der Waals surface area (Å²) in [7, 11) is 5.49. The fourth-order valence-electron chi connectivity index (χ4n) is 9.98. The molecule has 0 aromatic rings. The molecule has 370 valence electrons. The maximum Gasteiger partial charge on any atom is 0.314 e. The normalized spacial score (nSPS) is 44.3. The van der Waals surface area contributed by atoms with Crippen LogP contribution in [0.1, 0.15) is 102 Å². The van der Waals surface area contributed by atoms with Crippen LogP contribution in [0.5, 0.6) is 0 Å². The molecule has 20 heteroatoms. The summed E-state index contributed by atoms with van der Waals surface area (Å²) < 4.78 is 61.9. The number of carbonyl (C=O) groups excluding carboxylic acids is 4. The SMILES string of the molecule is CC[C@H]1OC(=O)[C@H](C)[C@@]2(O)O[C@@](C)(C[C@@H](C)CN(C)[C@H](C)[C@@H](O)[C@]1(C)O)[C@H](O[C@@H]1O[C@H](C)C[C@H](N(C)C)[C@H]1OC1O[C@H](COC(C)=O)[C@@H](OC(C)O)[C@H](OC(C)=O)[C@H]1OC(C)=O)[C@H]2C. The van der Waals surface area contributed by atoms with Gasteiger partial charge in [-0.25, -0.2) is 0 Å². The molecule has 4 rings (SSSR count). The van der Waals surface area contributed by atoms with E-state index >= 15 is 0 Å². The first-order valence-corrected chi connectivity index (χ1v) is 22.4. The van der Waals surface area contributed by atoms with Crippen molar-refractivity contribution in [3.63, 3.8) is 0 Å². The summed E-state index contributed by atoms with van der Waals surface area (Å²) in [6.45, 7) is 18.6. The number of hydrogen-bond donors (Lipinski definition) is 4. The number of aliphatic hydroxyl groups excluding tert-OH is 2. The smallest absolute Gasteiger partial charge is 0.314 e. The summed E-state index contributed by atoms with van der Waals surface area (Å²) in [6.07, 6.45) is -13.7. The van der Waals surface area contributed by atoms with E-state index in [1.807, 2.05) is 44.8 Å². The second kappa shape index (κ2) is 21.6. The number of hydrogen-bond acceptors (Lipinski definition) is 20. The number of ether oxygens (including phenoxy) is 10. The monoisotopic (exact) mass is 921 g/mol. The molecule has 64 heavy (non-hydrogen) atoms. The molecule has 2 unspecified atom stereocenters. The minimum absolute atomic E-state index is 0.167. The van der Waals surface area contributed by atoms with E-state index in [2.05, 4.69) is 0 Å². The summed E-state index contributed by atoms with van der Waals surface area (Å²) in [6, 6.07) is -1.04. The Balaban J connectivity index is 1.82. The second-order valence-corrected chi connectivity index (χ2v) is 19.1. The highest BCUT2D eigenvalue weighted by Crippen LogP contribution is 2.51. The third-order valence-electron chi connectivity index (χ3n) is 13.3. The van der Waals surface area contributed by atoms with Crippen molar-refractivity contribution in [1.29, 1.82) is 0 Å². The Morgan fingerprint density at radius 2 is 1.50 bits per heavy atom. The summed E-state index contributed by atoms with van der Waals surface area (Å²) in [5.74, 6) is -7.66. The molecule has 4 N–H and O–H groups in total. The molecule has 2 bridgehead atoms. The van der Waals surface area contributed by atoms with Gasteiger partial charge < -0.3 is 77.6 Å². The van der Waals surface area contributed by atoms with Gasteiger partial charge in [0, 0.05) is 45.3 Å². The Morgan fingerprint density at radius 1 is 0.906 bits per heavy atom. The van der Waals surface area contributed by atoms with Crippen molar-refractivity contribution < 1.29 is 87.0 Å². The highest BCUT2D eigenvalue weighted by molar-refractivity contribution is 5.73. The highest BCUT2D eigenvalue weighted by atomic mass is 16.8. The molecular weight excluding hydrogens is 844 g/mol. The lowest BCUT2D eigenvalue weighted by molar-refractivity contribution is -0.365. The van der Waals surface area contributed by atoms with E-state index in [1.54, 1.807) is 27.7 Å². The van der Waals surface area contributed by atoms with Crippen LogP contribution in [-0.2, 0) is 66.5 Å². The number of esters is 4. The molecule has 0 amide bonds. The molecule has 0 aromatic carbocycles. The van der Waals surface area contributed by atoms with Crippen LogP contribution in [0.3, 0.4) is 0 Å². The molecule has 20 nitrogen and oxygen atoms in total. The van der Waals surface area contributed by atoms with Gasteiger partial charge in [-0.05, 0) is 87.9 Å². The lowest BCUT2D eigenvalue weighted by atomic mass is 9.80. The van der Waals surface area contributed by atoms with E-state index < -0.39 is 145 Å². The lowest BCUT2D eigenvalue weighted by Gasteiger charge is -2.49. The molecule has 0 radical (unpaired) electrons. The Kier molecular flexibility index (Phi) is 18.2. The van der Waals surface area contributed by atoms with Crippen molar-refractivity contribution in [2.75, 3.05) is 34.3 Å². The molecule has 0 aliphatic carbocycles. The van der Waals surface area contributed by atoms with Gasteiger partial charge in [0.05, 0.1) is 17.8 Å². The van der Waals surface area contributed by atoms with E-state index in [9.17, 15) is 39.6 Å². The lowest BCUT2D eigenvalue weighted by Crippen LogP contribution is -2.66. The Morgan fingerprint density at radius 3 is 2.05 bits per heavy atom. The number of cyclic esters (lactones) is 1. The van der Waals surface area contributed by atoms with Crippen LogP contribution in [-0.4, -0.2) is 191 Å². The van der Waals surface area contributed by atoms with E-state index in [0.717, 1.165) is 13.8 Å². The first-order valence-electron chi connectivity index (χ1n) is 22.4. The maximum atomic E-state index is 14.0. The number of aliphatic hydroxyl groups is 4. The summed E-state index contributed by atoms with van der Waals surface area (Å²) in [4.78, 5) is 55.2. The number of fused-ring (bicyclic) bond motifs is 2. The van der Waals surface area contributed by atoms with Crippen LogP contribution in [0.4, 0.5) is 0 Å². The molecule has 4 heterocycles. The third kappa shape index (κ3) is 12.1. The van der Waals surface area contributed by atoms with Crippen molar-refractivity contribution in [3.8, 4) is 0 Å². The summed E-state index contributed by atoms with van der Waals surface area (Å²) >= 11 is 0. The first kappa shape index (κ1) is 54.0. The number of likely N-dealkylation sites (N-methyl/N-ethyl adjacent to an activating group) is 2. The van der Waals surface area contributed by atoms with Crippen molar-refractivity contribution >= 4 is 23.9 Å². The van der Waals surface area contributed by atoms with Gasteiger partial charge in [-0.15, -0.1) is 0 Å². The summed E-state index contributed by atoms with van der Waals surface area (Å²) in [5, 5.41) is 46.0. The molecular formula is C44H76N2O18. The van der Waals surface area contributed by atoms with Gasteiger partial charge in [0.15, 0.2) is 36.9 Å². The van der Waals surface area contributed by atoms with E-state index in [-0.39, 0.29) is 18.8 Å². The average Bonchev–Trinajstić information content (AvgIpc) is 3.36. The molecule has 0 spiro atoms. The predicted octanol–water partition coefficient (Wildman–Crippen LogP) is 1.24. The van der Waals surface area contributed by atoms with Gasteiger partial charge in [0.1, 0.15) is 48.6 Å². The minimum Gasteiger partial charge on any atom is -0.463 e. The van der Waals surface area contributed by atoms with E-state index in [4.69, 9.17) is 47.4 Å². The van der Waals surface area contributed by atoms with Crippen LogP contribution in [0.15, 0.2) is 0 Å². The largest absolute Gasteiger partial charge is 0.463 e. The van der Waals surface area contributed by atoms with Gasteiger partial charge in [0.25, 0.3) is 0 Å². The highest BCUT2D eigenvalue weighted by Gasteiger charge is 2.65. The topological polar surface area (TPSA) is 248 Å². The molecule has 20 atom stereocenters. The molecule has 4 aliphatic rings. The molecule has 4 fully saturated rings. The first-order chi connectivity index (χ1) is 29.6. The standard InChI is InChI=1S/C44H76N2O18/c1-16-32-43(12,53)37(51)25(6)46(15)19-21(2)18-42(11)38(23(4)44(54,64-42)24(5)39(52)61-32)63-40-33(30(45(13)14)17-22(3)56-40)62-41-36(59-29(10)50)35(58-28(9)49)34(57-27(8)48)31(60-41)20-55-26(7)47/h21-25,27,30-38,40-41,48,51,53-54H,16-20H2,1-15H3/t21-,22-,23-,24+,25-,27?,30+,31-,32-,33-,34-,35+,36-,37-,38-,40+,41?,42+,43-,44+/m1/s1. The third-order valence-corrected chi connectivity index (χ3v) is 13.3. The van der Waals surface area contributed by atoms with Crippen LogP contribution in [0.2, 0.25) is 0 Å². The van der Waals surface area contributed by atoms with Gasteiger partial charge in [-0.1, -0.05) is 20.8 Å². The molecule has 0 aromatic heterocycles. The van der Waals surface area contributed by atoms with Crippen LogP contribution in [0.25, 0.3) is 0 Å².